The van der Waals surface area contributed by atoms with Crippen LogP contribution in [-0.4, -0.2) is 37.0 Å². The van der Waals surface area contributed by atoms with Crippen LogP contribution in [0.4, 0.5) is 0 Å². The van der Waals surface area contributed by atoms with E-state index in [9.17, 15) is 4.79 Å². The Balaban J connectivity index is 1.86. The number of nitrogens with zero attached hydrogens (tertiary/aromatic N) is 1. The lowest BCUT2D eigenvalue weighted by molar-refractivity contribution is -0.137. The fraction of sp³-hybridized carbons (Fsp3) is 0.923. The second-order valence-electron chi connectivity index (χ2n) is 5.68. The predicted molar refractivity (Wildman–Crippen MR) is 65.2 cm³/mol. The highest BCUT2D eigenvalue weighted by molar-refractivity contribution is 5.79. The van der Waals surface area contributed by atoms with E-state index in [0.29, 0.717) is 11.3 Å². The molecular formula is C13H24N2O. The second kappa shape index (κ2) is 4.74. The van der Waals surface area contributed by atoms with E-state index in [2.05, 4.69) is 24.1 Å². The van der Waals surface area contributed by atoms with Crippen molar-refractivity contribution in [2.75, 3.05) is 26.2 Å². The zero-order chi connectivity index (χ0) is 11.6. The van der Waals surface area contributed by atoms with E-state index in [4.69, 9.17) is 0 Å². The minimum Gasteiger partial charge on any atom is -0.342 e. The van der Waals surface area contributed by atoms with Gasteiger partial charge in [0.05, 0.1) is 5.92 Å². The molecule has 2 fully saturated rings. The maximum Gasteiger partial charge on any atom is 0.227 e. The smallest absolute Gasteiger partial charge is 0.227 e. The van der Waals surface area contributed by atoms with Crippen molar-refractivity contribution >= 4 is 5.91 Å². The van der Waals surface area contributed by atoms with Crippen molar-refractivity contribution in [1.82, 2.24) is 10.2 Å². The molecule has 0 bridgehead atoms. The number of carbonyl (C=O) groups is 1. The third-order valence-electron chi connectivity index (χ3n) is 4.55. The Kier molecular flexibility index (Phi) is 3.53. The Morgan fingerprint density at radius 1 is 1.44 bits per heavy atom. The molecule has 2 rings (SSSR count). The lowest BCUT2D eigenvalue weighted by atomic mass is 9.78. The number of piperidine rings is 1. The maximum atomic E-state index is 12.2. The Hall–Kier alpha value is -0.570. The molecule has 3 nitrogen and oxygen atoms in total. The summed E-state index contributed by atoms with van der Waals surface area (Å²) < 4.78 is 0. The van der Waals surface area contributed by atoms with Gasteiger partial charge in [-0.3, -0.25) is 4.79 Å². The minimum atomic E-state index is 0.256. The van der Waals surface area contributed by atoms with Gasteiger partial charge in [-0.15, -0.1) is 0 Å². The van der Waals surface area contributed by atoms with E-state index < -0.39 is 0 Å². The van der Waals surface area contributed by atoms with Crippen molar-refractivity contribution in [1.29, 1.82) is 0 Å². The van der Waals surface area contributed by atoms with Gasteiger partial charge < -0.3 is 10.2 Å². The monoisotopic (exact) mass is 224 g/mol. The van der Waals surface area contributed by atoms with Gasteiger partial charge in [0.1, 0.15) is 0 Å². The fourth-order valence-corrected chi connectivity index (χ4v) is 2.74. The van der Waals surface area contributed by atoms with Crippen molar-refractivity contribution < 1.29 is 4.79 Å². The molecule has 3 heteroatoms. The number of rotatable bonds is 2. The number of likely N-dealkylation sites (tertiary alicyclic amines) is 1. The zero-order valence-electron chi connectivity index (χ0n) is 10.6. The van der Waals surface area contributed by atoms with Gasteiger partial charge in [0.25, 0.3) is 0 Å². The first-order valence-electron chi connectivity index (χ1n) is 6.64. The maximum absolute atomic E-state index is 12.2. The number of amides is 1. The highest BCUT2D eigenvalue weighted by Gasteiger charge is 2.33. The van der Waals surface area contributed by atoms with Crippen molar-refractivity contribution in [3.63, 3.8) is 0 Å². The van der Waals surface area contributed by atoms with Crippen LogP contribution >= 0.6 is 0 Å². The van der Waals surface area contributed by atoms with Crippen LogP contribution in [0.15, 0.2) is 0 Å². The van der Waals surface area contributed by atoms with Crippen molar-refractivity contribution in [3.8, 4) is 0 Å². The summed E-state index contributed by atoms with van der Waals surface area (Å²) in [6.45, 7) is 8.46. The highest BCUT2D eigenvalue weighted by atomic mass is 16.2. The normalized spacial score (nSPS) is 29.4. The van der Waals surface area contributed by atoms with Crippen LogP contribution in [-0.2, 0) is 4.79 Å². The summed E-state index contributed by atoms with van der Waals surface area (Å²) in [5, 5.41) is 3.27. The molecule has 0 aromatic heterocycles. The molecule has 1 N–H and O–H groups in total. The van der Waals surface area contributed by atoms with Gasteiger partial charge in [0.15, 0.2) is 0 Å². The lowest BCUT2D eigenvalue weighted by Crippen LogP contribution is -2.44. The molecule has 92 valence electrons. The summed E-state index contributed by atoms with van der Waals surface area (Å²) in [6.07, 6.45) is 4.62. The molecule has 1 atom stereocenters. The summed E-state index contributed by atoms with van der Waals surface area (Å²) in [7, 11) is 0. The van der Waals surface area contributed by atoms with Crippen molar-refractivity contribution in [2.45, 2.75) is 39.5 Å². The summed E-state index contributed by atoms with van der Waals surface area (Å²) >= 11 is 0. The van der Waals surface area contributed by atoms with Crippen LogP contribution < -0.4 is 5.32 Å². The highest BCUT2D eigenvalue weighted by Crippen LogP contribution is 2.34. The molecule has 0 radical (unpaired) electrons. The van der Waals surface area contributed by atoms with E-state index in [0.717, 1.165) is 32.6 Å². The van der Waals surface area contributed by atoms with Gasteiger partial charge in [-0.2, -0.15) is 0 Å². The van der Waals surface area contributed by atoms with Crippen LogP contribution in [0.3, 0.4) is 0 Å². The molecule has 2 aliphatic rings. The van der Waals surface area contributed by atoms with Crippen LogP contribution in [0.25, 0.3) is 0 Å². The Morgan fingerprint density at radius 3 is 2.62 bits per heavy atom. The summed E-state index contributed by atoms with van der Waals surface area (Å²) in [5.74, 6) is 0.647. The summed E-state index contributed by atoms with van der Waals surface area (Å²) in [6, 6.07) is 0. The van der Waals surface area contributed by atoms with Crippen molar-refractivity contribution in [3.05, 3.63) is 0 Å². The second-order valence-corrected chi connectivity index (χ2v) is 5.68. The van der Waals surface area contributed by atoms with Crippen molar-refractivity contribution in [2.24, 2.45) is 11.3 Å². The van der Waals surface area contributed by atoms with Crippen LogP contribution in [0, 0.1) is 11.3 Å². The minimum absolute atomic E-state index is 0.256. The predicted octanol–water partition coefficient (Wildman–Crippen LogP) is 1.63. The first-order valence-corrected chi connectivity index (χ1v) is 6.64. The molecule has 0 saturated carbocycles. The molecule has 2 saturated heterocycles. The average molecular weight is 224 g/mol. The molecule has 2 heterocycles. The molecule has 0 spiro atoms. The van der Waals surface area contributed by atoms with E-state index in [1.807, 2.05) is 0 Å². The van der Waals surface area contributed by atoms with Gasteiger partial charge in [-0.05, 0) is 31.2 Å². The van der Waals surface area contributed by atoms with E-state index >= 15 is 0 Å². The van der Waals surface area contributed by atoms with Gasteiger partial charge >= 0.3 is 0 Å². The van der Waals surface area contributed by atoms with E-state index in [1.165, 1.54) is 19.3 Å². The SMILES string of the molecule is CCC1(C)CCN(C(=O)C2CCNC2)CC1. The summed E-state index contributed by atoms with van der Waals surface area (Å²) in [5.41, 5.74) is 0.477. The average Bonchev–Trinajstić information content (AvgIpc) is 2.83. The first-order chi connectivity index (χ1) is 7.64. The largest absolute Gasteiger partial charge is 0.342 e. The van der Waals surface area contributed by atoms with Gasteiger partial charge in [0, 0.05) is 19.6 Å². The van der Waals surface area contributed by atoms with Gasteiger partial charge in [-0.1, -0.05) is 20.3 Å². The molecule has 0 aromatic carbocycles. The van der Waals surface area contributed by atoms with Gasteiger partial charge in [0.2, 0.25) is 5.91 Å². The number of hydrogen-bond donors (Lipinski definition) is 1. The Bertz CT molecular complexity index is 251. The zero-order valence-corrected chi connectivity index (χ0v) is 10.6. The van der Waals surface area contributed by atoms with E-state index in [-0.39, 0.29) is 5.92 Å². The third kappa shape index (κ3) is 2.40. The number of nitrogens with one attached hydrogen (secondary N) is 1. The standard InChI is InChI=1S/C13H24N2O/c1-3-13(2)5-8-15(9-6-13)12(16)11-4-7-14-10-11/h11,14H,3-10H2,1-2H3. The van der Waals surface area contributed by atoms with Gasteiger partial charge in [-0.25, -0.2) is 0 Å². The van der Waals surface area contributed by atoms with E-state index in [1.54, 1.807) is 0 Å². The number of carbonyl (C=O) groups excluding carboxylic acids is 1. The Morgan fingerprint density at radius 2 is 2.12 bits per heavy atom. The van der Waals surface area contributed by atoms with Crippen LogP contribution in [0.5, 0.6) is 0 Å². The lowest BCUT2D eigenvalue weighted by Gasteiger charge is -2.39. The fourth-order valence-electron chi connectivity index (χ4n) is 2.74. The molecule has 0 aliphatic carbocycles. The number of hydrogen-bond acceptors (Lipinski definition) is 2. The molecule has 2 aliphatic heterocycles. The molecule has 1 unspecified atom stereocenters. The quantitative estimate of drug-likeness (QED) is 0.773. The van der Waals surface area contributed by atoms with Crippen LogP contribution in [0.2, 0.25) is 0 Å². The molecule has 0 aromatic rings. The molecular weight excluding hydrogens is 200 g/mol. The topological polar surface area (TPSA) is 32.3 Å². The Labute approximate surface area is 98.6 Å². The molecule has 1 amide bonds. The molecule has 16 heavy (non-hydrogen) atoms. The van der Waals surface area contributed by atoms with Crippen LogP contribution in [0.1, 0.15) is 39.5 Å². The summed E-state index contributed by atoms with van der Waals surface area (Å²) in [4.78, 5) is 14.3. The first kappa shape index (κ1) is 11.9. The third-order valence-corrected chi connectivity index (χ3v) is 4.55.